The number of imidazole rings is 1. The van der Waals surface area contributed by atoms with Gasteiger partial charge < -0.3 is 19.5 Å². The first-order valence-electron chi connectivity index (χ1n) is 12.2. The predicted octanol–water partition coefficient (Wildman–Crippen LogP) is 2.77. The zero-order chi connectivity index (χ0) is 24.0. The summed E-state index contributed by atoms with van der Waals surface area (Å²) in [6.07, 6.45) is 5.89. The zero-order valence-electron chi connectivity index (χ0n) is 20.7. The highest BCUT2D eigenvalue weighted by atomic mass is 16.5. The summed E-state index contributed by atoms with van der Waals surface area (Å²) in [6, 6.07) is 0.130. The van der Waals surface area contributed by atoms with Crippen LogP contribution in [-0.2, 0) is 23.1 Å². The molecule has 3 aromatic rings. The molecule has 34 heavy (non-hydrogen) atoms. The van der Waals surface area contributed by atoms with Gasteiger partial charge in [0, 0.05) is 50.9 Å². The molecule has 5 heterocycles. The summed E-state index contributed by atoms with van der Waals surface area (Å²) in [5.74, 6) is 1.82. The molecule has 1 N–H and O–H groups in total. The minimum absolute atomic E-state index is 0.0406. The Morgan fingerprint density at radius 1 is 1.29 bits per heavy atom. The molecule has 0 aromatic carbocycles. The van der Waals surface area contributed by atoms with Crippen molar-refractivity contribution in [3.8, 4) is 11.4 Å². The number of aryl methyl sites for hydroxylation is 2. The van der Waals surface area contributed by atoms with Gasteiger partial charge in [0.1, 0.15) is 12.2 Å². The molecule has 1 amide bonds. The molecule has 2 aliphatic rings. The molecular weight excluding hydrogens is 432 g/mol. The van der Waals surface area contributed by atoms with Crippen LogP contribution in [0, 0.1) is 12.8 Å². The molecule has 182 valence electrons. The number of likely N-dealkylation sites (tertiary alicyclic amines) is 1. The van der Waals surface area contributed by atoms with Crippen molar-refractivity contribution >= 4 is 22.9 Å². The highest BCUT2D eigenvalue weighted by Crippen LogP contribution is 2.32. The second-order valence-corrected chi connectivity index (χ2v) is 10.1. The fourth-order valence-corrected chi connectivity index (χ4v) is 5.30. The van der Waals surface area contributed by atoms with Crippen molar-refractivity contribution < 1.29 is 9.53 Å². The first kappa shape index (κ1) is 22.8. The first-order valence-corrected chi connectivity index (χ1v) is 12.2. The van der Waals surface area contributed by atoms with Crippen molar-refractivity contribution in [3.63, 3.8) is 0 Å². The highest BCUT2D eigenvalue weighted by molar-refractivity contribution is 5.86. The van der Waals surface area contributed by atoms with Crippen LogP contribution in [0.4, 0.5) is 5.82 Å². The molecule has 2 unspecified atom stereocenters. The SMILES string of the molecule is CCn1ncc(-c2nc3c(NC4CCN(C(=O)C5CCOC(C)(C)C5)C4)ncnc3n2C)c1C. The smallest absolute Gasteiger partial charge is 0.225 e. The highest BCUT2D eigenvalue weighted by Gasteiger charge is 2.37. The van der Waals surface area contributed by atoms with Crippen LogP contribution in [0.5, 0.6) is 0 Å². The first-order chi connectivity index (χ1) is 16.3. The fraction of sp³-hybridized carbons (Fsp3) is 0.625. The summed E-state index contributed by atoms with van der Waals surface area (Å²) in [4.78, 5) is 29.0. The lowest BCUT2D eigenvalue weighted by molar-refractivity contribution is -0.144. The van der Waals surface area contributed by atoms with Gasteiger partial charge in [0.15, 0.2) is 17.0 Å². The van der Waals surface area contributed by atoms with E-state index >= 15 is 0 Å². The normalized spacial score (nSPS) is 22.4. The van der Waals surface area contributed by atoms with E-state index in [9.17, 15) is 4.79 Å². The summed E-state index contributed by atoms with van der Waals surface area (Å²) in [6.45, 7) is 11.1. The van der Waals surface area contributed by atoms with Crippen LogP contribution in [0.2, 0.25) is 0 Å². The van der Waals surface area contributed by atoms with Gasteiger partial charge >= 0.3 is 0 Å². The average molecular weight is 467 g/mol. The van der Waals surface area contributed by atoms with Crippen molar-refractivity contribution in [1.29, 1.82) is 0 Å². The van der Waals surface area contributed by atoms with Crippen LogP contribution in [-0.4, -0.2) is 71.4 Å². The van der Waals surface area contributed by atoms with E-state index in [-0.39, 0.29) is 23.5 Å². The quantitative estimate of drug-likeness (QED) is 0.617. The maximum atomic E-state index is 13.2. The van der Waals surface area contributed by atoms with Gasteiger partial charge in [-0.1, -0.05) is 0 Å². The average Bonchev–Trinajstić information content (AvgIpc) is 3.51. The van der Waals surface area contributed by atoms with Crippen molar-refractivity contribution in [2.75, 3.05) is 25.0 Å². The van der Waals surface area contributed by atoms with Crippen molar-refractivity contribution in [3.05, 3.63) is 18.2 Å². The Kier molecular flexibility index (Phi) is 5.79. The van der Waals surface area contributed by atoms with E-state index in [2.05, 4.69) is 48.1 Å². The minimum atomic E-state index is -0.231. The van der Waals surface area contributed by atoms with Crippen LogP contribution in [0.1, 0.15) is 45.7 Å². The summed E-state index contributed by atoms with van der Waals surface area (Å²) < 4.78 is 9.75. The molecule has 0 radical (unpaired) electrons. The molecule has 2 aliphatic heterocycles. The van der Waals surface area contributed by atoms with Gasteiger partial charge in [-0.2, -0.15) is 5.10 Å². The van der Waals surface area contributed by atoms with Crippen molar-refractivity contribution in [2.45, 2.75) is 65.1 Å². The molecule has 10 heteroatoms. The summed E-state index contributed by atoms with van der Waals surface area (Å²) in [5, 5.41) is 8.01. The van der Waals surface area contributed by atoms with Gasteiger partial charge in [-0.25, -0.2) is 15.0 Å². The number of nitrogens with one attached hydrogen (secondary N) is 1. The monoisotopic (exact) mass is 466 g/mol. The van der Waals surface area contributed by atoms with E-state index in [0.29, 0.717) is 19.0 Å². The number of fused-ring (bicyclic) bond motifs is 1. The Morgan fingerprint density at radius 2 is 2.12 bits per heavy atom. The molecule has 2 saturated heterocycles. The van der Waals surface area contributed by atoms with Gasteiger partial charge in [-0.3, -0.25) is 9.48 Å². The second-order valence-electron chi connectivity index (χ2n) is 10.1. The number of carbonyl (C=O) groups excluding carboxylic acids is 1. The number of aromatic nitrogens is 6. The molecule has 2 atom stereocenters. The molecule has 0 bridgehead atoms. The Bertz CT molecular complexity index is 1210. The topological polar surface area (TPSA) is 103 Å². The standard InChI is InChI=1S/C24H34N8O2/c1-6-32-15(2)18(12-27-32)21-29-19-20(25-14-26-22(19)30(21)5)28-17-7-9-31(13-17)23(33)16-8-10-34-24(3,4)11-16/h12,14,16-17H,6-11,13H2,1-5H3,(H,25,26,28). The molecule has 3 aromatic heterocycles. The molecule has 5 rings (SSSR count). The van der Waals surface area contributed by atoms with Gasteiger partial charge in [0.05, 0.1) is 17.4 Å². The number of hydrogen-bond acceptors (Lipinski definition) is 7. The van der Waals surface area contributed by atoms with E-state index in [1.54, 1.807) is 6.33 Å². The molecule has 0 spiro atoms. The Hall–Kier alpha value is -3.01. The maximum Gasteiger partial charge on any atom is 0.225 e. The lowest BCUT2D eigenvalue weighted by Crippen LogP contribution is -2.43. The van der Waals surface area contributed by atoms with Crippen LogP contribution < -0.4 is 5.32 Å². The van der Waals surface area contributed by atoms with Gasteiger partial charge in [0.25, 0.3) is 0 Å². The van der Waals surface area contributed by atoms with Gasteiger partial charge in [0.2, 0.25) is 5.91 Å². The van der Waals surface area contributed by atoms with Crippen LogP contribution >= 0.6 is 0 Å². The largest absolute Gasteiger partial charge is 0.376 e. The molecule has 0 saturated carbocycles. The number of anilines is 1. The number of amides is 1. The van der Waals surface area contributed by atoms with Crippen LogP contribution in [0.3, 0.4) is 0 Å². The Balaban J connectivity index is 1.34. The third-order valence-electron chi connectivity index (χ3n) is 7.19. The number of nitrogens with zero attached hydrogens (tertiary/aromatic N) is 7. The van der Waals surface area contributed by atoms with E-state index in [0.717, 1.165) is 60.6 Å². The number of hydrogen-bond donors (Lipinski definition) is 1. The molecule has 0 aliphatic carbocycles. The van der Waals surface area contributed by atoms with E-state index < -0.39 is 0 Å². The summed E-state index contributed by atoms with van der Waals surface area (Å²) in [7, 11) is 1.97. The van der Waals surface area contributed by atoms with Gasteiger partial charge in [-0.05, 0) is 47.0 Å². The lowest BCUT2D eigenvalue weighted by Gasteiger charge is -2.36. The van der Waals surface area contributed by atoms with Crippen molar-refractivity contribution in [1.82, 2.24) is 34.2 Å². The number of rotatable bonds is 5. The number of ether oxygens (including phenoxy) is 1. The molecule has 10 nitrogen and oxygen atoms in total. The molecular formula is C24H34N8O2. The van der Waals surface area contributed by atoms with Gasteiger partial charge in [-0.15, -0.1) is 0 Å². The Morgan fingerprint density at radius 3 is 2.85 bits per heavy atom. The lowest BCUT2D eigenvalue weighted by atomic mass is 9.87. The fourth-order valence-electron chi connectivity index (χ4n) is 5.30. The van der Waals surface area contributed by atoms with Crippen LogP contribution in [0.25, 0.3) is 22.6 Å². The van der Waals surface area contributed by atoms with Crippen LogP contribution in [0.15, 0.2) is 12.5 Å². The van der Waals surface area contributed by atoms with E-state index in [1.807, 2.05) is 27.4 Å². The predicted molar refractivity (Wildman–Crippen MR) is 129 cm³/mol. The zero-order valence-corrected chi connectivity index (χ0v) is 20.7. The summed E-state index contributed by atoms with van der Waals surface area (Å²) in [5.41, 5.74) is 3.34. The number of carbonyl (C=O) groups is 1. The van der Waals surface area contributed by atoms with Crippen molar-refractivity contribution in [2.24, 2.45) is 13.0 Å². The Labute approximate surface area is 199 Å². The van der Waals surface area contributed by atoms with E-state index in [1.165, 1.54) is 0 Å². The second kappa shape index (κ2) is 8.65. The third-order valence-corrected chi connectivity index (χ3v) is 7.19. The maximum absolute atomic E-state index is 13.2. The minimum Gasteiger partial charge on any atom is -0.376 e. The third kappa shape index (κ3) is 4.04. The van der Waals surface area contributed by atoms with E-state index in [4.69, 9.17) is 9.72 Å². The summed E-state index contributed by atoms with van der Waals surface area (Å²) >= 11 is 0. The molecule has 2 fully saturated rings.